The first kappa shape index (κ1) is 8.96. The topological polar surface area (TPSA) is 26.0 Å². The molecule has 0 aliphatic rings. The van der Waals surface area contributed by atoms with E-state index in [0.29, 0.717) is 5.88 Å². The van der Waals surface area contributed by atoms with Crippen molar-refractivity contribution >= 4 is 17.3 Å². The maximum Gasteiger partial charge on any atom is 0.0839 e. The van der Waals surface area contributed by atoms with E-state index in [-0.39, 0.29) is 0 Å². The summed E-state index contributed by atoms with van der Waals surface area (Å²) in [5.41, 5.74) is 8.43. The number of hydrogen-bond donors (Lipinski definition) is 1. The molecule has 0 unspecified atom stereocenters. The Bertz CT molecular complexity index is 333. The molecule has 0 aliphatic heterocycles. The minimum atomic E-state index is 0.341. The quantitative estimate of drug-likeness (QED) is 0.369. The summed E-state index contributed by atoms with van der Waals surface area (Å²) in [4.78, 5) is 0. The van der Waals surface area contributed by atoms with Crippen molar-refractivity contribution in [1.82, 2.24) is 0 Å². The van der Waals surface area contributed by atoms with Gasteiger partial charge in [0.15, 0.2) is 0 Å². The van der Waals surface area contributed by atoms with Gasteiger partial charge in [-0.25, -0.2) is 0 Å². The van der Waals surface area contributed by atoms with E-state index in [1.165, 1.54) is 0 Å². The average Bonchev–Trinajstić information content (AvgIpc) is 2.08. The van der Waals surface area contributed by atoms with Gasteiger partial charge < -0.3 is 5.73 Å². The Morgan fingerprint density at radius 2 is 2.25 bits per heavy atom. The van der Waals surface area contributed by atoms with Gasteiger partial charge in [-0.1, -0.05) is 24.0 Å². The molecule has 0 radical (unpaired) electrons. The van der Waals surface area contributed by atoms with E-state index in [1.807, 2.05) is 25.1 Å². The Morgan fingerprint density at radius 3 is 2.92 bits per heavy atom. The van der Waals surface area contributed by atoms with Crippen molar-refractivity contribution in [3.8, 4) is 11.8 Å². The molecule has 0 atom stereocenters. The minimum absolute atomic E-state index is 0.341. The fraction of sp³-hybridized carbons (Fsp3) is 0.200. The molecule has 0 amide bonds. The van der Waals surface area contributed by atoms with Crippen LogP contribution in [0.3, 0.4) is 0 Å². The molecule has 1 aromatic rings. The lowest BCUT2D eigenvalue weighted by atomic mass is 10.1. The fourth-order valence-electron chi connectivity index (χ4n) is 0.918. The summed E-state index contributed by atoms with van der Waals surface area (Å²) in [7, 11) is 0. The van der Waals surface area contributed by atoms with Crippen LogP contribution in [0.25, 0.3) is 0 Å². The molecule has 0 bridgehead atoms. The van der Waals surface area contributed by atoms with Gasteiger partial charge in [-0.05, 0) is 18.6 Å². The molecule has 2 heteroatoms. The van der Waals surface area contributed by atoms with E-state index >= 15 is 0 Å². The second-order valence-electron chi connectivity index (χ2n) is 2.47. The van der Waals surface area contributed by atoms with Crippen LogP contribution in [0.1, 0.15) is 11.1 Å². The number of benzene rings is 1. The average molecular weight is 180 g/mol. The maximum absolute atomic E-state index is 5.78. The highest BCUT2D eigenvalue weighted by atomic mass is 35.5. The zero-order valence-corrected chi connectivity index (χ0v) is 7.65. The highest BCUT2D eigenvalue weighted by molar-refractivity contribution is 6.19. The molecular weight excluding hydrogens is 170 g/mol. The summed E-state index contributed by atoms with van der Waals surface area (Å²) in [5, 5.41) is 0. The number of nitrogen functional groups attached to an aromatic ring is 1. The molecule has 2 N–H and O–H groups in total. The van der Waals surface area contributed by atoms with Gasteiger partial charge in [0.1, 0.15) is 0 Å². The molecule has 62 valence electrons. The lowest BCUT2D eigenvalue weighted by Gasteiger charge is -2.00. The molecule has 1 nitrogen and oxygen atoms in total. The molecule has 0 aromatic heterocycles. The Kier molecular flexibility index (Phi) is 3.01. The first-order valence-electron chi connectivity index (χ1n) is 3.65. The van der Waals surface area contributed by atoms with Crippen molar-refractivity contribution < 1.29 is 0 Å². The van der Waals surface area contributed by atoms with Gasteiger partial charge in [-0.3, -0.25) is 0 Å². The Labute approximate surface area is 77.5 Å². The van der Waals surface area contributed by atoms with Gasteiger partial charge in [-0.15, -0.1) is 11.6 Å². The van der Waals surface area contributed by atoms with E-state index in [2.05, 4.69) is 11.8 Å². The third-order valence-electron chi connectivity index (χ3n) is 1.61. The Balaban J connectivity index is 3.08. The highest BCUT2D eigenvalue weighted by Gasteiger charge is 1.96. The Hall–Kier alpha value is -1.13. The van der Waals surface area contributed by atoms with Crippen molar-refractivity contribution in [3.05, 3.63) is 29.3 Å². The van der Waals surface area contributed by atoms with Crippen LogP contribution in [0.15, 0.2) is 18.2 Å². The monoisotopic (exact) mass is 179 g/mol. The zero-order chi connectivity index (χ0) is 8.97. The van der Waals surface area contributed by atoms with Crippen LogP contribution in [0.4, 0.5) is 5.69 Å². The zero-order valence-electron chi connectivity index (χ0n) is 6.89. The summed E-state index contributed by atoms with van der Waals surface area (Å²) in [6.07, 6.45) is 0. The molecular formula is C10H10ClN. The molecule has 0 saturated carbocycles. The van der Waals surface area contributed by atoms with Crippen molar-refractivity contribution in [2.75, 3.05) is 11.6 Å². The van der Waals surface area contributed by atoms with E-state index < -0.39 is 0 Å². The third-order valence-corrected chi connectivity index (χ3v) is 1.75. The van der Waals surface area contributed by atoms with E-state index in [9.17, 15) is 0 Å². The van der Waals surface area contributed by atoms with Crippen molar-refractivity contribution in [2.24, 2.45) is 0 Å². The van der Waals surface area contributed by atoms with Gasteiger partial charge in [0.25, 0.3) is 0 Å². The van der Waals surface area contributed by atoms with Gasteiger partial charge in [0.2, 0.25) is 0 Å². The number of para-hydroxylation sites is 1. The Morgan fingerprint density at radius 1 is 1.50 bits per heavy atom. The molecule has 0 fully saturated rings. The van der Waals surface area contributed by atoms with Crippen LogP contribution in [-0.2, 0) is 0 Å². The SMILES string of the molecule is Cc1cccc(C#CCCl)c1N. The lowest BCUT2D eigenvalue weighted by Crippen LogP contribution is -1.92. The summed E-state index contributed by atoms with van der Waals surface area (Å²) in [6.45, 7) is 1.96. The molecule has 0 heterocycles. The van der Waals surface area contributed by atoms with Crippen LogP contribution in [0.2, 0.25) is 0 Å². The van der Waals surface area contributed by atoms with E-state index in [1.54, 1.807) is 0 Å². The van der Waals surface area contributed by atoms with Crippen molar-refractivity contribution in [1.29, 1.82) is 0 Å². The molecule has 0 spiro atoms. The normalized spacial score (nSPS) is 8.83. The van der Waals surface area contributed by atoms with Crippen LogP contribution >= 0.6 is 11.6 Å². The maximum atomic E-state index is 5.78. The lowest BCUT2D eigenvalue weighted by molar-refractivity contribution is 1.45. The number of nitrogens with two attached hydrogens (primary N) is 1. The molecule has 1 rings (SSSR count). The van der Waals surface area contributed by atoms with Crippen LogP contribution in [0, 0.1) is 18.8 Å². The van der Waals surface area contributed by atoms with Gasteiger partial charge in [-0.2, -0.15) is 0 Å². The number of hydrogen-bond acceptors (Lipinski definition) is 1. The predicted octanol–water partition coefficient (Wildman–Crippen LogP) is 2.17. The standard InChI is InChI=1S/C10H10ClN/c1-8-4-2-5-9(10(8)12)6-3-7-11/h2,4-5H,7,12H2,1H3. The number of anilines is 1. The summed E-state index contributed by atoms with van der Waals surface area (Å²) >= 11 is 5.43. The minimum Gasteiger partial charge on any atom is -0.398 e. The highest BCUT2D eigenvalue weighted by Crippen LogP contribution is 2.14. The third kappa shape index (κ3) is 1.93. The van der Waals surface area contributed by atoms with Crippen LogP contribution in [0.5, 0.6) is 0 Å². The largest absolute Gasteiger partial charge is 0.398 e. The number of alkyl halides is 1. The second kappa shape index (κ2) is 4.04. The smallest absolute Gasteiger partial charge is 0.0839 e. The predicted molar refractivity (Wildman–Crippen MR) is 53.2 cm³/mol. The van der Waals surface area contributed by atoms with Crippen molar-refractivity contribution in [3.63, 3.8) is 0 Å². The van der Waals surface area contributed by atoms with E-state index in [4.69, 9.17) is 17.3 Å². The summed E-state index contributed by atoms with van der Waals surface area (Å²) in [6, 6.07) is 5.78. The van der Waals surface area contributed by atoms with E-state index in [0.717, 1.165) is 16.8 Å². The number of aryl methyl sites for hydroxylation is 1. The number of rotatable bonds is 0. The summed E-state index contributed by atoms with van der Waals surface area (Å²) < 4.78 is 0. The molecule has 0 aliphatic carbocycles. The van der Waals surface area contributed by atoms with Gasteiger partial charge >= 0.3 is 0 Å². The van der Waals surface area contributed by atoms with Crippen molar-refractivity contribution in [2.45, 2.75) is 6.92 Å². The first-order chi connectivity index (χ1) is 5.75. The summed E-state index contributed by atoms with van der Waals surface area (Å²) in [5.74, 6) is 6.01. The first-order valence-corrected chi connectivity index (χ1v) is 4.19. The van der Waals surface area contributed by atoms with Crippen LogP contribution in [-0.4, -0.2) is 5.88 Å². The number of halogens is 1. The second-order valence-corrected chi connectivity index (χ2v) is 2.74. The fourth-order valence-corrected chi connectivity index (χ4v) is 0.985. The molecule has 0 saturated heterocycles. The van der Waals surface area contributed by atoms with Gasteiger partial charge in [0.05, 0.1) is 11.6 Å². The molecule has 1 aromatic carbocycles. The van der Waals surface area contributed by atoms with Crippen LogP contribution < -0.4 is 5.73 Å². The molecule has 12 heavy (non-hydrogen) atoms. The van der Waals surface area contributed by atoms with Gasteiger partial charge in [0, 0.05) is 5.56 Å².